The van der Waals surface area contributed by atoms with Gasteiger partial charge >= 0.3 is 6.18 Å². The van der Waals surface area contributed by atoms with Gasteiger partial charge in [-0.15, -0.1) is 0 Å². The Kier molecular flexibility index (Phi) is 7.90. The molecule has 0 saturated carbocycles. The molecule has 1 heterocycles. The molecule has 0 saturated heterocycles. The molecule has 0 fully saturated rings. The van der Waals surface area contributed by atoms with Gasteiger partial charge in [0.2, 0.25) is 11.2 Å². The number of phenols is 1. The number of alkyl halides is 3. The van der Waals surface area contributed by atoms with Gasteiger partial charge in [-0.05, 0) is 24.3 Å². The van der Waals surface area contributed by atoms with Crippen molar-refractivity contribution in [3.63, 3.8) is 0 Å². The van der Waals surface area contributed by atoms with E-state index in [4.69, 9.17) is 27.6 Å². The summed E-state index contributed by atoms with van der Waals surface area (Å²) in [4.78, 5) is 14.5. The number of phenolic OH excluding ortho intramolecular Hbond substituents is 1. The zero-order valence-electron chi connectivity index (χ0n) is 19.3. The average Bonchev–Trinajstić information content (AvgIpc) is 2.69. The molecule has 0 aliphatic carbocycles. The number of fused-ring (bicyclic) bond motifs is 1. The monoisotopic (exact) mass is 516 g/mol. The molecule has 2 N–H and O–H groups in total. The van der Waals surface area contributed by atoms with Crippen LogP contribution < -0.4 is 10.3 Å². The summed E-state index contributed by atoms with van der Waals surface area (Å²) in [5, 5.41) is 10.6. The third kappa shape index (κ3) is 5.70. The van der Waals surface area contributed by atoms with Gasteiger partial charge in [0.05, 0.1) is 34.6 Å². The zero-order chi connectivity index (χ0) is 25.4. The molecule has 2 aromatic carbocycles. The molecule has 9 heteroatoms. The Morgan fingerprint density at radius 3 is 2.18 bits per heavy atom. The van der Waals surface area contributed by atoms with Crippen LogP contribution in [0.15, 0.2) is 39.5 Å². The summed E-state index contributed by atoms with van der Waals surface area (Å²) >= 11 is 12.0. The number of quaternary nitrogens is 1. The molecule has 0 unspecified atom stereocenters. The maximum atomic E-state index is 14.1. The lowest BCUT2D eigenvalue weighted by Gasteiger charge is -2.24. The van der Waals surface area contributed by atoms with Crippen LogP contribution in [0.4, 0.5) is 13.2 Å². The van der Waals surface area contributed by atoms with Crippen LogP contribution in [0.25, 0.3) is 22.1 Å². The predicted molar refractivity (Wildman–Crippen MR) is 129 cm³/mol. The van der Waals surface area contributed by atoms with E-state index in [1.54, 1.807) is 0 Å². The van der Waals surface area contributed by atoms with Gasteiger partial charge in [0.25, 0.3) is 0 Å². The topological polar surface area (TPSA) is 54.9 Å². The van der Waals surface area contributed by atoms with Crippen molar-refractivity contribution in [3.8, 4) is 16.9 Å². The van der Waals surface area contributed by atoms with E-state index < -0.39 is 22.9 Å². The van der Waals surface area contributed by atoms with Gasteiger partial charge in [0, 0.05) is 22.4 Å². The molecule has 1 aromatic heterocycles. The van der Waals surface area contributed by atoms with Gasteiger partial charge in [-0.1, -0.05) is 57.0 Å². The highest BCUT2D eigenvalue weighted by Gasteiger charge is 2.40. The molecule has 3 aromatic rings. The van der Waals surface area contributed by atoms with E-state index in [9.17, 15) is 23.1 Å². The normalized spacial score (nSPS) is 12.5. The van der Waals surface area contributed by atoms with E-state index in [1.807, 2.05) is 27.7 Å². The Bertz CT molecular complexity index is 1240. The number of aromatic hydroxyl groups is 1. The van der Waals surface area contributed by atoms with Crippen LogP contribution >= 0.6 is 23.2 Å². The second kappa shape index (κ2) is 10.2. The highest BCUT2D eigenvalue weighted by Crippen LogP contribution is 2.41. The lowest BCUT2D eigenvalue weighted by atomic mass is 9.99. The lowest BCUT2D eigenvalue weighted by Crippen LogP contribution is -3.11. The standard InChI is InChI=1S/C25H26Cl2F3NO3/c1-13(2)10-31(11-14(3)4)12-18-20(32)8-7-17-22(33)21(16-6-5-15(26)9-19(16)27)24(25(28,29)30)34-23(17)18/h5-9,13-14,32H,10-12H2,1-4H3/p+1. The summed E-state index contributed by atoms with van der Waals surface area (Å²) in [7, 11) is 0. The maximum absolute atomic E-state index is 14.1. The largest absolute Gasteiger partial charge is 0.507 e. The van der Waals surface area contributed by atoms with E-state index in [2.05, 4.69) is 0 Å². The van der Waals surface area contributed by atoms with Gasteiger partial charge in [-0.2, -0.15) is 13.2 Å². The molecule has 0 radical (unpaired) electrons. The quantitative estimate of drug-likeness (QED) is 0.393. The van der Waals surface area contributed by atoms with Crippen molar-refractivity contribution >= 4 is 34.2 Å². The first kappa shape index (κ1) is 26.4. The number of halogens is 5. The highest BCUT2D eigenvalue weighted by atomic mass is 35.5. The lowest BCUT2D eigenvalue weighted by molar-refractivity contribution is -0.919. The molecule has 0 aliphatic rings. The Hall–Kier alpha value is -2.22. The molecular formula is C25H27Cl2F3NO3+. The molecule has 4 nitrogen and oxygen atoms in total. The van der Waals surface area contributed by atoms with Crippen LogP contribution in [-0.4, -0.2) is 18.2 Å². The third-order valence-electron chi connectivity index (χ3n) is 5.42. The highest BCUT2D eigenvalue weighted by molar-refractivity contribution is 6.36. The summed E-state index contributed by atoms with van der Waals surface area (Å²) in [6.07, 6.45) is -4.98. The van der Waals surface area contributed by atoms with E-state index >= 15 is 0 Å². The first-order valence-electron chi connectivity index (χ1n) is 11.0. The van der Waals surface area contributed by atoms with Crippen molar-refractivity contribution in [1.29, 1.82) is 0 Å². The van der Waals surface area contributed by atoms with Crippen LogP contribution in [0.1, 0.15) is 39.0 Å². The van der Waals surface area contributed by atoms with E-state index in [0.717, 1.165) is 18.0 Å². The fourth-order valence-electron chi connectivity index (χ4n) is 4.24. The van der Waals surface area contributed by atoms with E-state index in [-0.39, 0.29) is 44.4 Å². The second-order valence-electron chi connectivity index (χ2n) is 9.32. The SMILES string of the molecule is CC(C)C[NH+](Cc1c(O)ccc2c(=O)c(-c3ccc(Cl)cc3Cl)c(C(F)(F)F)oc12)CC(C)C. The van der Waals surface area contributed by atoms with Gasteiger partial charge < -0.3 is 14.4 Å². The number of nitrogens with one attached hydrogen (secondary N) is 1. The van der Waals surface area contributed by atoms with Gasteiger partial charge in [0.1, 0.15) is 12.3 Å². The maximum Gasteiger partial charge on any atom is 0.450 e. The first-order chi connectivity index (χ1) is 15.8. The molecule has 0 atom stereocenters. The Labute approximate surface area is 205 Å². The number of rotatable bonds is 7. The molecule has 0 aliphatic heterocycles. The van der Waals surface area contributed by atoms with Crippen molar-refractivity contribution in [2.45, 2.75) is 40.4 Å². The molecule has 0 amide bonds. The van der Waals surface area contributed by atoms with Gasteiger partial charge in [-0.3, -0.25) is 4.79 Å². The van der Waals surface area contributed by atoms with E-state index in [1.165, 1.54) is 30.3 Å². The molecule has 34 heavy (non-hydrogen) atoms. The Morgan fingerprint density at radius 2 is 1.65 bits per heavy atom. The Balaban J connectivity index is 2.31. The van der Waals surface area contributed by atoms with Crippen LogP contribution in [0, 0.1) is 11.8 Å². The number of benzene rings is 2. The second-order valence-corrected chi connectivity index (χ2v) is 10.2. The van der Waals surface area contributed by atoms with Gasteiger partial charge in [-0.25, -0.2) is 0 Å². The molecule has 3 rings (SSSR count). The van der Waals surface area contributed by atoms with E-state index in [0.29, 0.717) is 11.8 Å². The summed E-state index contributed by atoms with van der Waals surface area (Å²) in [5.74, 6) is -1.04. The molecule has 0 spiro atoms. The van der Waals surface area contributed by atoms with Crippen molar-refractivity contribution in [2.24, 2.45) is 11.8 Å². The van der Waals surface area contributed by atoms with Crippen LogP contribution in [0.5, 0.6) is 5.75 Å². The molecule has 0 bridgehead atoms. The number of hydrogen-bond acceptors (Lipinski definition) is 3. The summed E-state index contributed by atoms with van der Waals surface area (Å²) in [6.45, 7) is 9.88. The fourth-order valence-corrected chi connectivity index (χ4v) is 4.75. The molecule has 184 valence electrons. The summed E-state index contributed by atoms with van der Waals surface area (Å²) in [6, 6.07) is 6.48. The minimum absolute atomic E-state index is 0.0599. The van der Waals surface area contributed by atoms with Crippen molar-refractivity contribution < 1.29 is 27.6 Å². The fraction of sp³-hybridized carbons (Fsp3) is 0.400. The predicted octanol–water partition coefficient (Wildman–Crippen LogP) is 6.19. The first-order valence-corrected chi connectivity index (χ1v) is 11.7. The van der Waals surface area contributed by atoms with Crippen LogP contribution in [0.3, 0.4) is 0 Å². The summed E-state index contributed by atoms with van der Waals surface area (Å²) < 4.78 is 47.8. The number of hydrogen-bond donors (Lipinski definition) is 2. The minimum atomic E-state index is -4.98. The van der Waals surface area contributed by atoms with Crippen molar-refractivity contribution in [3.05, 3.63) is 61.9 Å². The summed E-state index contributed by atoms with van der Waals surface area (Å²) in [5.41, 5.74) is -1.79. The van der Waals surface area contributed by atoms with Crippen LogP contribution in [-0.2, 0) is 12.7 Å². The molecular weight excluding hydrogens is 490 g/mol. The third-order valence-corrected chi connectivity index (χ3v) is 5.97. The van der Waals surface area contributed by atoms with Crippen LogP contribution in [0.2, 0.25) is 10.0 Å². The van der Waals surface area contributed by atoms with Crippen molar-refractivity contribution in [1.82, 2.24) is 0 Å². The minimum Gasteiger partial charge on any atom is -0.507 e. The zero-order valence-corrected chi connectivity index (χ0v) is 20.8. The Morgan fingerprint density at radius 1 is 1.03 bits per heavy atom. The average molecular weight is 517 g/mol. The smallest absolute Gasteiger partial charge is 0.450 e. The van der Waals surface area contributed by atoms with Gasteiger partial charge in [0.15, 0.2) is 5.58 Å². The van der Waals surface area contributed by atoms with Crippen molar-refractivity contribution in [2.75, 3.05) is 13.1 Å².